The van der Waals surface area contributed by atoms with Gasteiger partial charge in [-0.05, 0) is 24.1 Å². The Morgan fingerprint density at radius 3 is 2.55 bits per heavy atom. The number of fused-ring (bicyclic) bond motifs is 1. The van der Waals surface area contributed by atoms with Crippen LogP contribution in [0, 0.1) is 5.92 Å². The second-order valence-electron chi connectivity index (χ2n) is 5.11. The lowest BCUT2D eigenvalue weighted by Crippen LogP contribution is -2.23. The molecule has 1 aromatic heterocycles. The minimum absolute atomic E-state index is 0.0952. The van der Waals surface area contributed by atoms with Gasteiger partial charge in [0.2, 0.25) is 0 Å². The largest absolute Gasteiger partial charge is 0.299 e. The molecule has 0 radical (unpaired) electrons. The molecule has 0 aliphatic heterocycles. The Bertz CT molecular complexity index is 825. The van der Waals surface area contributed by atoms with Gasteiger partial charge in [0.15, 0.2) is 0 Å². The van der Waals surface area contributed by atoms with Crippen LogP contribution < -0.4 is 5.56 Å². The van der Waals surface area contributed by atoms with Crippen molar-refractivity contribution in [2.75, 3.05) is 0 Å². The molecule has 0 spiro atoms. The van der Waals surface area contributed by atoms with Crippen LogP contribution in [0.3, 0.4) is 0 Å². The molecule has 1 aromatic carbocycles. The zero-order chi connectivity index (χ0) is 15.1. The summed E-state index contributed by atoms with van der Waals surface area (Å²) in [6.45, 7) is 4.08. The molecule has 108 valence electrons. The van der Waals surface area contributed by atoms with Crippen molar-refractivity contribution in [2.45, 2.75) is 25.2 Å². The van der Waals surface area contributed by atoms with E-state index >= 15 is 0 Å². The van der Waals surface area contributed by atoms with E-state index in [0.717, 1.165) is 0 Å². The SMILES string of the molecule is CC(C)Cc1nc2ccc(S(=O)(=O)Cl)cc2c(=O)n1C. The quantitative estimate of drug-likeness (QED) is 0.813. The predicted octanol–water partition coefficient (Wildman–Crippen LogP) is 2.06. The van der Waals surface area contributed by atoms with Crippen LogP contribution in [0.4, 0.5) is 0 Å². The molecule has 0 amide bonds. The fourth-order valence-corrected chi connectivity index (χ4v) is 2.77. The van der Waals surface area contributed by atoms with E-state index in [4.69, 9.17) is 10.7 Å². The summed E-state index contributed by atoms with van der Waals surface area (Å²) in [5, 5.41) is 0.252. The van der Waals surface area contributed by atoms with Gasteiger partial charge in [-0.15, -0.1) is 0 Å². The van der Waals surface area contributed by atoms with Gasteiger partial charge in [-0.2, -0.15) is 0 Å². The maximum atomic E-state index is 12.3. The van der Waals surface area contributed by atoms with Gasteiger partial charge in [-0.3, -0.25) is 9.36 Å². The average Bonchev–Trinajstić information content (AvgIpc) is 2.33. The zero-order valence-corrected chi connectivity index (χ0v) is 13.0. The van der Waals surface area contributed by atoms with Gasteiger partial charge in [-0.25, -0.2) is 13.4 Å². The fraction of sp³-hybridized carbons (Fsp3) is 0.385. The van der Waals surface area contributed by atoms with E-state index in [9.17, 15) is 13.2 Å². The first kappa shape index (κ1) is 15.0. The highest BCUT2D eigenvalue weighted by molar-refractivity contribution is 8.13. The van der Waals surface area contributed by atoms with E-state index in [1.807, 2.05) is 13.8 Å². The smallest absolute Gasteiger partial charge is 0.261 e. The second-order valence-corrected chi connectivity index (χ2v) is 7.67. The van der Waals surface area contributed by atoms with Crippen molar-refractivity contribution in [2.24, 2.45) is 13.0 Å². The van der Waals surface area contributed by atoms with E-state index < -0.39 is 9.05 Å². The van der Waals surface area contributed by atoms with Gasteiger partial charge in [0.25, 0.3) is 14.6 Å². The number of rotatable bonds is 3. The molecule has 0 unspecified atom stereocenters. The summed E-state index contributed by atoms with van der Waals surface area (Å²) in [7, 11) is 3.07. The normalized spacial score (nSPS) is 12.2. The lowest BCUT2D eigenvalue weighted by molar-refractivity contribution is 0.590. The third-order valence-electron chi connectivity index (χ3n) is 3.01. The second kappa shape index (κ2) is 5.18. The van der Waals surface area contributed by atoms with Gasteiger partial charge in [0.05, 0.1) is 15.8 Å². The molecule has 7 heteroatoms. The highest BCUT2D eigenvalue weighted by Crippen LogP contribution is 2.19. The van der Waals surface area contributed by atoms with E-state index in [2.05, 4.69) is 4.98 Å². The Balaban J connectivity index is 2.74. The predicted molar refractivity (Wildman–Crippen MR) is 78.6 cm³/mol. The van der Waals surface area contributed by atoms with Crippen molar-refractivity contribution >= 4 is 30.6 Å². The number of hydrogen-bond acceptors (Lipinski definition) is 4. The van der Waals surface area contributed by atoms with Crippen LogP contribution in [0.5, 0.6) is 0 Å². The molecule has 0 saturated heterocycles. The maximum Gasteiger partial charge on any atom is 0.261 e. The van der Waals surface area contributed by atoms with Crippen molar-refractivity contribution in [1.82, 2.24) is 9.55 Å². The molecule has 0 fully saturated rings. The van der Waals surface area contributed by atoms with Gasteiger partial charge < -0.3 is 0 Å². The van der Waals surface area contributed by atoms with Gasteiger partial charge in [0.1, 0.15) is 5.82 Å². The Kier molecular flexibility index (Phi) is 3.88. The first-order chi connectivity index (χ1) is 9.20. The molecule has 0 bridgehead atoms. The number of benzene rings is 1. The maximum absolute atomic E-state index is 12.3. The monoisotopic (exact) mass is 314 g/mol. The van der Waals surface area contributed by atoms with E-state index in [0.29, 0.717) is 23.7 Å². The molecule has 2 rings (SSSR count). The van der Waals surface area contributed by atoms with Crippen LogP contribution in [-0.4, -0.2) is 18.0 Å². The van der Waals surface area contributed by atoms with Gasteiger partial charge in [-0.1, -0.05) is 13.8 Å². The third-order valence-corrected chi connectivity index (χ3v) is 4.36. The summed E-state index contributed by atoms with van der Waals surface area (Å²) in [6, 6.07) is 4.14. The summed E-state index contributed by atoms with van der Waals surface area (Å²) in [6.07, 6.45) is 0.678. The standard InChI is InChI=1S/C13H15ClN2O3S/c1-8(2)6-12-15-11-5-4-9(20(14,18)19)7-10(11)13(17)16(12)3/h4-5,7-8H,6H2,1-3H3. The van der Waals surface area contributed by atoms with Crippen LogP contribution in [0.2, 0.25) is 0 Å². The van der Waals surface area contributed by atoms with Crippen molar-refractivity contribution in [3.63, 3.8) is 0 Å². The molecular formula is C13H15ClN2O3S. The van der Waals surface area contributed by atoms with Crippen LogP contribution in [0.25, 0.3) is 10.9 Å². The van der Waals surface area contributed by atoms with Crippen LogP contribution in [0.1, 0.15) is 19.7 Å². The van der Waals surface area contributed by atoms with E-state index in [1.54, 1.807) is 7.05 Å². The van der Waals surface area contributed by atoms with Crippen LogP contribution >= 0.6 is 10.7 Å². The number of hydrogen-bond donors (Lipinski definition) is 0. The molecule has 0 atom stereocenters. The molecule has 0 N–H and O–H groups in total. The average molecular weight is 315 g/mol. The Morgan fingerprint density at radius 1 is 1.35 bits per heavy atom. The Hall–Kier alpha value is -1.40. The Labute approximate surface area is 121 Å². The van der Waals surface area contributed by atoms with Gasteiger partial charge in [0, 0.05) is 24.2 Å². The first-order valence-corrected chi connectivity index (χ1v) is 8.45. The molecule has 0 aliphatic rings. The lowest BCUT2D eigenvalue weighted by atomic mass is 10.1. The van der Waals surface area contributed by atoms with Crippen LogP contribution in [-0.2, 0) is 22.5 Å². The highest BCUT2D eigenvalue weighted by Gasteiger charge is 2.14. The molecule has 5 nitrogen and oxygen atoms in total. The highest BCUT2D eigenvalue weighted by atomic mass is 35.7. The number of halogens is 1. The topological polar surface area (TPSA) is 69.0 Å². The summed E-state index contributed by atoms with van der Waals surface area (Å²) < 4.78 is 24.1. The molecule has 2 aromatic rings. The molecule has 0 saturated carbocycles. The van der Waals surface area contributed by atoms with Crippen molar-refractivity contribution < 1.29 is 8.42 Å². The lowest BCUT2D eigenvalue weighted by Gasteiger charge is -2.11. The minimum atomic E-state index is -3.86. The van der Waals surface area contributed by atoms with Crippen molar-refractivity contribution in [3.8, 4) is 0 Å². The van der Waals surface area contributed by atoms with Crippen molar-refractivity contribution in [1.29, 1.82) is 0 Å². The molecular weight excluding hydrogens is 300 g/mol. The zero-order valence-electron chi connectivity index (χ0n) is 11.4. The van der Waals surface area contributed by atoms with Crippen molar-refractivity contribution in [3.05, 3.63) is 34.4 Å². The third kappa shape index (κ3) is 2.86. The summed E-state index contributed by atoms with van der Waals surface area (Å²) >= 11 is 0. The summed E-state index contributed by atoms with van der Waals surface area (Å²) in [4.78, 5) is 16.6. The summed E-state index contributed by atoms with van der Waals surface area (Å²) in [5.41, 5.74) is 0.209. The van der Waals surface area contributed by atoms with E-state index in [-0.39, 0.29) is 15.8 Å². The van der Waals surface area contributed by atoms with Crippen LogP contribution in [0.15, 0.2) is 27.9 Å². The van der Waals surface area contributed by atoms with E-state index in [1.165, 1.54) is 22.8 Å². The Morgan fingerprint density at radius 2 is 2.00 bits per heavy atom. The number of nitrogens with zero attached hydrogens (tertiary/aromatic N) is 2. The summed E-state index contributed by atoms with van der Waals surface area (Å²) in [5.74, 6) is 1.05. The number of aromatic nitrogens is 2. The molecule has 20 heavy (non-hydrogen) atoms. The fourth-order valence-electron chi connectivity index (χ4n) is 2.00. The molecule has 0 aliphatic carbocycles. The first-order valence-electron chi connectivity index (χ1n) is 6.14. The minimum Gasteiger partial charge on any atom is -0.299 e. The van der Waals surface area contributed by atoms with Gasteiger partial charge >= 0.3 is 0 Å². The molecule has 1 heterocycles.